The number of amides is 1. The Hall–Kier alpha value is -1.88. The van der Waals surface area contributed by atoms with Crippen LogP contribution in [0.15, 0.2) is 29.3 Å². The summed E-state index contributed by atoms with van der Waals surface area (Å²) in [5.74, 6) is 0.520. The number of aliphatic imine (C=N–C) groups is 1. The van der Waals surface area contributed by atoms with Crippen LogP contribution in [0, 0.1) is 0 Å². The second-order valence-electron chi connectivity index (χ2n) is 5.50. The second kappa shape index (κ2) is 7.05. The Bertz CT molecular complexity index is 490. The molecule has 1 amide bonds. The molecular formula is C15H23N3O2. The molecule has 1 aromatic rings. The molecule has 0 aromatic heterocycles. The van der Waals surface area contributed by atoms with Crippen LogP contribution >= 0.6 is 0 Å². The first-order chi connectivity index (χ1) is 9.31. The van der Waals surface area contributed by atoms with Crippen LogP contribution in [0.1, 0.15) is 38.8 Å². The van der Waals surface area contributed by atoms with Crippen LogP contribution in [0.5, 0.6) is 0 Å². The van der Waals surface area contributed by atoms with Gasteiger partial charge in [-0.3, -0.25) is 10.3 Å². The minimum absolute atomic E-state index is 0.476. The third-order valence-electron chi connectivity index (χ3n) is 2.51. The molecule has 0 aliphatic carbocycles. The third kappa shape index (κ3) is 5.84. The van der Waals surface area contributed by atoms with Crippen molar-refractivity contribution >= 4 is 11.9 Å². The van der Waals surface area contributed by atoms with Gasteiger partial charge in [-0.25, -0.2) is 4.79 Å². The lowest BCUT2D eigenvalue weighted by Gasteiger charge is -2.19. The SMILES string of the molecule is CC(=NCc1ccccc1CN)NC(=O)OC(C)(C)C. The van der Waals surface area contributed by atoms with E-state index in [1.807, 2.05) is 45.0 Å². The van der Waals surface area contributed by atoms with Crippen molar-refractivity contribution in [1.82, 2.24) is 5.32 Å². The smallest absolute Gasteiger partial charge is 0.413 e. The van der Waals surface area contributed by atoms with Gasteiger partial charge < -0.3 is 10.5 Å². The van der Waals surface area contributed by atoms with Gasteiger partial charge in [0.05, 0.1) is 6.54 Å². The molecule has 5 heteroatoms. The standard InChI is InChI=1S/C15H23N3O2/c1-11(18-14(19)20-15(2,3)4)17-10-13-8-6-5-7-12(13)9-16/h5-8H,9-10,16H2,1-4H3,(H,17,18,19). The lowest BCUT2D eigenvalue weighted by molar-refractivity contribution is 0.0563. The van der Waals surface area contributed by atoms with Crippen molar-refractivity contribution in [3.63, 3.8) is 0 Å². The van der Waals surface area contributed by atoms with Crippen LogP contribution in [0.4, 0.5) is 4.79 Å². The highest BCUT2D eigenvalue weighted by Crippen LogP contribution is 2.09. The fourth-order valence-electron chi connectivity index (χ4n) is 1.61. The minimum atomic E-state index is -0.517. The first-order valence-electron chi connectivity index (χ1n) is 6.59. The summed E-state index contributed by atoms with van der Waals surface area (Å²) in [6, 6.07) is 7.84. The number of hydrogen-bond acceptors (Lipinski definition) is 4. The second-order valence-corrected chi connectivity index (χ2v) is 5.50. The van der Waals surface area contributed by atoms with Crippen molar-refractivity contribution in [2.45, 2.75) is 46.4 Å². The van der Waals surface area contributed by atoms with Gasteiger partial charge in [0.1, 0.15) is 11.4 Å². The third-order valence-corrected chi connectivity index (χ3v) is 2.51. The molecule has 0 saturated heterocycles. The van der Waals surface area contributed by atoms with E-state index in [0.717, 1.165) is 11.1 Å². The van der Waals surface area contributed by atoms with E-state index in [1.165, 1.54) is 0 Å². The molecule has 0 fully saturated rings. The molecule has 1 aromatic carbocycles. The zero-order chi connectivity index (χ0) is 15.2. The first-order valence-corrected chi connectivity index (χ1v) is 6.59. The molecule has 0 bridgehead atoms. The van der Waals surface area contributed by atoms with Gasteiger partial charge in [-0.05, 0) is 38.8 Å². The molecule has 0 saturated carbocycles. The van der Waals surface area contributed by atoms with Gasteiger partial charge in [-0.1, -0.05) is 24.3 Å². The van der Waals surface area contributed by atoms with Crippen LogP contribution in [0.25, 0.3) is 0 Å². The Morgan fingerprint density at radius 1 is 1.30 bits per heavy atom. The van der Waals surface area contributed by atoms with E-state index in [0.29, 0.717) is 18.9 Å². The monoisotopic (exact) mass is 277 g/mol. The van der Waals surface area contributed by atoms with Gasteiger partial charge in [-0.2, -0.15) is 0 Å². The Morgan fingerprint density at radius 3 is 2.45 bits per heavy atom. The maximum Gasteiger partial charge on any atom is 0.413 e. The van der Waals surface area contributed by atoms with Crippen molar-refractivity contribution < 1.29 is 9.53 Å². The van der Waals surface area contributed by atoms with Crippen molar-refractivity contribution in [1.29, 1.82) is 0 Å². The lowest BCUT2D eigenvalue weighted by atomic mass is 10.1. The molecule has 1 rings (SSSR count). The number of nitrogens with one attached hydrogen (secondary N) is 1. The number of carbonyl (C=O) groups excluding carboxylic acids is 1. The maximum absolute atomic E-state index is 11.6. The number of alkyl carbamates (subject to hydrolysis) is 1. The average Bonchev–Trinajstić information content (AvgIpc) is 2.34. The van der Waals surface area contributed by atoms with E-state index in [9.17, 15) is 4.79 Å². The molecule has 110 valence electrons. The number of nitrogens with two attached hydrogens (primary N) is 1. The normalized spacial score (nSPS) is 12.2. The summed E-state index contributed by atoms with van der Waals surface area (Å²) >= 11 is 0. The number of carbonyl (C=O) groups is 1. The predicted molar refractivity (Wildman–Crippen MR) is 80.5 cm³/mol. The zero-order valence-corrected chi connectivity index (χ0v) is 12.6. The Morgan fingerprint density at radius 2 is 1.90 bits per heavy atom. The topological polar surface area (TPSA) is 76.7 Å². The molecule has 3 N–H and O–H groups in total. The fraction of sp³-hybridized carbons (Fsp3) is 0.467. The van der Waals surface area contributed by atoms with E-state index in [-0.39, 0.29) is 0 Å². The summed E-state index contributed by atoms with van der Waals surface area (Å²) in [5, 5.41) is 2.60. The lowest BCUT2D eigenvalue weighted by Crippen LogP contribution is -2.35. The highest BCUT2D eigenvalue weighted by atomic mass is 16.6. The number of ether oxygens (including phenoxy) is 1. The molecule has 0 unspecified atom stereocenters. The van der Waals surface area contributed by atoms with E-state index >= 15 is 0 Å². The Labute approximate surface area is 120 Å². The van der Waals surface area contributed by atoms with E-state index in [2.05, 4.69) is 10.3 Å². The number of nitrogens with zero attached hydrogens (tertiary/aromatic N) is 1. The molecule has 0 radical (unpaired) electrons. The van der Waals surface area contributed by atoms with Crippen LogP contribution in [-0.4, -0.2) is 17.5 Å². The molecule has 0 aliphatic rings. The van der Waals surface area contributed by atoms with Crippen molar-refractivity contribution in [2.75, 3.05) is 0 Å². The van der Waals surface area contributed by atoms with Gasteiger partial charge >= 0.3 is 6.09 Å². The average molecular weight is 277 g/mol. The van der Waals surface area contributed by atoms with Gasteiger partial charge in [0.15, 0.2) is 0 Å². The van der Waals surface area contributed by atoms with Crippen molar-refractivity contribution in [3.8, 4) is 0 Å². The molecule has 5 nitrogen and oxygen atoms in total. The van der Waals surface area contributed by atoms with Crippen LogP contribution in [0.2, 0.25) is 0 Å². The van der Waals surface area contributed by atoms with E-state index in [1.54, 1.807) is 6.92 Å². The Balaban J connectivity index is 2.60. The number of amidine groups is 1. The summed E-state index contributed by atoms with van der Waals surface area (Å²) in [7, 11) is 0. The number of hydrogen-bond donors (Lipinski definition) is 2. The van der Waals surface area contributed by atoms with Gasteiger partial charge in [0.25, 0.3) is 0 Å². The summed E-state index contributed by atoms with van der Waals surface area (Å²) in [5.41, 5.74) is 7.26. The molecule has 20 heavy (non-hydrogen) atoms. The summed E-state index contributed by atoms with van der Waals surface area (Å²) < 4.78 is 5.15. The minimum Gasteiger partial charge on any atom is -0.444 e. The van der Waals surface area contributed by atoms with Crippen LogP contribution < -0.4 is 11.1 Å². The van der Waals surface area contributed by atoms with Crippen LogP contribution in [0.3, 0.4) is 0 Å². The fourth-order valence-corrected chi connectivity index (χ4v) is 1.61. The quantitative estimate of drug-likeness (QED) is 0.658. The summed E-state index contributed by atoms with van der Waals surface area (Å²) in [6.07, 6.45) is -0.495. The molecular weight excluding hydrogens is 254 g/mol. The zero-order valence-electron chi connectivity index (χ0n) is 12.6. The summed E-state index contributed by atoms with van der Waals surface area (Å²) in [4.78, 5) is 15.9. The largest absolute Gasteiger partial charge is 0.444 e. The van der Waals surface area contributed by atoms with Gasteiger partial charge in [-0.15, -0.1) is 0 Å². The summed E-state index contributed by atoms with van der Waals surface area (Å²) in [6.45, 7) is 8.14. The van der Waals surface area contributed by atoms with E-state index in [4.69, 9.17) is 10.5 Å². The number of rotatable bonds is 3. The van der Waals surface area contributed by atoms with Crippen molar-refractivity contribution in [2.24, 2.45) is 10.7 Å². The molecule has 0 atom stereocenters. The highest BCUT2D eigenvalue weighted by molar-refractivity contribution is 5.93. The van der Waals surface area contributed by atoms with Gasteiger partial charge in [0, 0.05) is 6.54 Å². The predicted octanol–water partition coefficient (Wildman–Crippen LogP) is 2.59. The van der Waals surface area contributed by atoms with Gasteiger partial charge in [0.2, 0.25) is 0 Å². The number of benzene rings is 1. The first kappa shape index (κ1) is 16.2. The highest BCUT2D eigenvalue weighted by Gasteiger charge is 2.16. The van der Waals surface area contributed by atoms with E-state index < -0.39 is 11.7 Å². The molecule has 0 heterocycles. The molecule has 0 aliphatic heterocycles. The maximum atomic E-state index is 11.6. The Kier molecular flexibility index (Phi) is 5.70. The molecule has 0 spiro atoms. The van der Waals surface area contributed by atoms with Crippen LogP contribution in [-0.2, 0) is 17.8 Å². The van der Waals surface area contributed by atoms with Crippen molar-refractivity contribution in [3.05, 3.63) is 35.4 Å².